The predicted octanol–water partition coefficient (Wildman–Crippen LogP) is 3.49. The molecule has 0 fully saturated rings. The smallest absolute Gasteiger partial charge is 0.286 e. The zero-order valence-corrected chi connectivity index (χ0v) is 13.5. The summed E-state index contributed by atoms with van der Waals surface area (Å²) in [6, 6.07) is 7.12. The fourth-order valence-electron chi connectivity index (χ4n) is 2.03. The third-order valence-electron chi connectivity index (χ3n) is 3.03. The number of nitrogens with zero attached hydrogens (tertiary/aromatic N) is 2. The predicted molar refractivity (Wildman–Crippen MR) is 86.1 cm³/mol. The summed E-state index contributed by atoms with van der Waals surface area (Å²) in [4.78, 5) is 2.36. The Morgan fingerprint density at radius 1 is 1.20 bits per heavy atom. The summed E-state index contributed by atoms with van der Waals surface area (Å²) in [5.41, 5.74) is 0.759. The van der Waals surface area contributed by atoms with Gasteiger partial charge in [-0.25, -0.2) is 0 Å². The number of fused-ring (bicyclic) bond motifs is 1. The van der Waals surface area contributed by atoms with Gasteiger partial charge in [0.05, 0.1) is 5.69 Å². The molecule has 0 radical (unpaired) electrons. The molecule has 1 aliphatic heterocycles. The molecule has 0 bridgehead atoms. The van der Waals surface area contributed by atoms with E-state index >= 15 is 0 Å². The van der Waals surface area contributed by atoms with Crippen molar-refractivity contribution in [1.82, 2.24) is 0 Å². The summed E-state index contributed by atoms with van der Waals surface area (Å²) in [7, 11) is -3.55. The second kappa shape index (κ2) is 6.63. The SMILES string of the molecule is CCCCN1C(SCCC)=NS(=O)(=O)c2ccccc21. The van der Waals surface area contributed by atoms with Gasteiger partial charge in [0.1, 0.15) is 4.90 Å². The van der Waals surface area contributed by atoms with Crippen molar-refractivity contribution < 1.29 is 8.42 Å². The van der Waals surface area contributed by atoms with Crippen LogP contribution in [0.15, 0.2) is 33.6 Å². The molecular weight excluding hydrogens is 292 g/mol. The minimum absolute atomic E-state index is 0.317. The number of rotatable bonds is 5. The van der Waals surface area contributed by atoms with Crippen LogP contribution in [0, 0.1) is 0 Å². The van der Waals surface area contributed by atoms with Crippen LogP contribution in [-0.2, 0) is 10.0 Å². The van der Waals surface area contributed by atoms with Crippen molar-refractivity contribution in [2.45, 2.75) is 38.0 Å². The molecular formula is C14H20N2O2S2. The summed E-state index contributed by atoms with van der Waals surface area (Å²) >= 11 is 1.52. The van der Waals surface area contributed by atoms with E-state index in [2.05, 4.69) is 18.2 Å². The van der Waals surface area contributed by atoms with E-state index in [0.29, 0.717) is 10.1 Å². The summed E-state index contributed by atoms with van der Waals surface area (Å²) < 4.78 is 28.5. The summed E-state index contributed by atoms with van der Waals surface area (Å²) in [5.74, 6) is 0.874. The number of thioether (sulfide) groups is 1. The normalized spacial score (nSPS) is 16.7. The van der Waals surface area contributed by atoms with Crippen molar-refractivity contribution in [3.05, 3.63) is 24.3 Å². The van der Waals surface area contributed by atoms with Crippen LogP contribution in [0.2, 0.25) is 0 Å². The highest BCUT2D eigenvalue weighted by atomic mass is 32.2. The molecule has 0 unspecified atom stereocenters. The maximum atomic E-state index is 12.2. The topological polar surface area (TPSA) is 49.7 Å². The zero-order valence-electron chi connectivity index (χ0n) is 11.9. The Morgan fingerprint density at radius 3 is 2.65 bits per heavy atom. The first-order valence-corrected chi connectivity index (χ1v) is 9.37. The molecule has 6 heteroatoms. The van der Waals surface area contributed by atoms with Crippen LogP contribution in [0.25, 0.3) is 0 Å². The first-order valence-electron chi connectivity index (χ1n) is 6.94. The quantitative estimate of drug-likeness (QED) is 0.835. The van der Waals surface area contributed by atoms with E-state index < -0.39 is 10.0 Å². The van der Waals surface area contributed by atoms with Gasteiger partial charge in [-0.3, -0.25) is 0 Å². The average molecular weight is 312 g/mol. The van der Waals surface area contributed by atoms with E-state index in [1.165, 1.54) is 11.8 Å². The van der Waals surface area contributed by atoms with Gasteiger partial charge < -0.3 is 4.90 Å². The van der Waals surface area contributed by atoms with Gasteiger partial charge in [-0.15, -0.1) is 4.40 Å². The fourth-order valence-corrected chi connectivity index (χ4v) is 4.37. The lowest BCUT2D eigenvalue weighted by Crippen LogP contribution is -2.34. The van der Waals surface area contributed by atoms with Gasteiger partial charge in [0.25, 0.3) is 10.0 Å². The number of amidine groups is 1. The van der Waals surface area contributed by atoms with Crippen molar-refractivity contribution in [2.75, 3.05) is 17.2 Å². The van der Waals surface area contributed by atoms with Gasteiger partial charge in [-0.1, -0.05) is 44.2 Å². The Morgan fingerprint density at radius 2 is 1.95 bits per heavy atom. The lowest BCUT2D eigenvalue weighted by atomic mass is 10.2. The van der Waals surface area contributed by atoms with Crippen LogP contribution in [0.5, 0.6) is 0 Å². The largest absolute Gasteiger partial charge is 0.319 e. The van der Waals surface area contributed by atoms with E-state index in [0.717, 1.165) is 37.2 Å². The number of hydrogen-bond donors (Lipinski definition) is 0. The zero-order chi connectivity index (χ0) is 14.6. The Bertz CT molecular complexity index is 597. The summed E-state index contributed by atoms with van der Waals surface area (Å²) in [6.45, 7) is 5.01. The number of para-hydroxylation sites is 1. The maximum absolute atomic E-state index is 12.2. The molecule has 2 rings (SSSR count). The Balaban J connectivity index is 2.43. The van der Waals surface area contributed by atoms with Gasteiger partial charge in [0.2, 0.25) is 0 Å². The molecule has 0 N–H and O–H groups in total. The lowest BCUT2D eigenvalue weighted by Gasteiger charge is -2.30. The minimum atomic E-state index is -3.55. The van der Waals surface area contributed by atoms with Crippen LogP contribution in [0.4, 0.5) is 5.69 Å². The second-order valence-corrected chi connectivity index (χ2v) is 7.30. The van der Waals surface area contributed by atoms with Crippen LogP contribution in [0.1, 0.15) is 33.1 Å². The van der Waals surface area contributed by atoms with E-state index in [1.54, 1.807) is 12.1 Å². The van der Waals surface area contributed by atoms with Gasteiger partial charge >= 0.3 is 0 Å². The molecule has 1 aliphatic rings. The van der Waals surface area contributed by atoms with Crippen LogP contribution in [-0.4, -0.2) is 25.9 Å². The Hall–Kier alpha value is -1.01. The Labute approximate surface area is 125 Å². The first kappa shape index (κ1) is 15.4. The molecule has 0 atom stereocenters. The van der Waals surface area contributed by atoms with E-state index in [9.17, 15) is 8.42 Å². The third kappa shape index (κ3) is 3.17. The highest BCUT2D eigenvalue weighted by molar-refractivity contribution is 8.14. The van der Waals surface area contributed by atoms with Gasteiger partial charge in [-0.2, -0.15) is 8.42 Å². The minimum Gasteiger partial charge on any atom is -0.319 e. The standard InChI is InChI=1S/C14H20N2O2S2/c1-3-5-10-16-12-8-6-7-9-13(12)20(17,18)15-14(16)19-11-4-2/h6-9H,3-5,10-11H2,1-2H3. The maximum Gasteiger partial charge on any atom is 0.286 e. The van der Waals surface area contributed by atoms with E-state index in [4.69, 9.17) is 0 Å². The highest BCUT2D eigenvalue weighted by Crippen LogP contribution is 2.34. The molecule has 0 amide bonds. The molecule has 1 heterocycles. The molecule has 4 nitrogen and oxygen atoms in total. The van der Waals surface area contributed by atoms with E-state index in [1.807, 2.05) is 17.0 Å². The van der Waals surface area contributed by atoms with E-state index in [-0.39, 0.29) is 0 Å². The third-order valence-corrected chi connectivity index (χ3v) is 5.65. The van der Waals surface area contributed by atoms with Gasteiger partial charge in [0, 0.05) is 12.3 Å². The average Bonchev–Trinajstić information content (AvgIpc) is 2.44. The molecule has 0 saturated heterocycles. The molecule has 1 aromatic rings. The lowest BCUT2D eigenvalue weighted by molar-refractivity contribution is 0.596. The summed E-state index contributed by atoms with van der Waals surface area (Å²) in [6.07, 6.45) is 3.07. The Kier molecular flexibility index (Phi) is 5.10. The number of sulfonamides is 1. The monoisotopic (exact) mass is 312 g/mol. The number of benzene rings is 1. The number of anilines is 1. The number of hydrogen-bond acceptors (Lipinski definition) is 4. The molecule has 0 spiro atoms. The molecule has 0 aliphatic carbocycles. The van der Waals surface area contributed by atoms with Crippen molar-refractivity contribution in [3.63, 3.8) is 0 Å². The fraction of sp³-hybridized carbons (Fsp3) is 0.500. The molecule has 0 aromatic heterocycles. The van der Waals surface area contributed by atoms with Crippen LogP contribution >= 0.6 is 11.8 Å². The van der Waals surface area contributed by atoms with Crippen molar-refractivity contribution in [2.24, 2.45) is 4.40 Å². The van der Waals surface area contributed by atoms with Crippen molar-refractivity contribution >= 4 is 32.6 Å². The molecule has 20 heavy (non-hydrogen) atoms. The molecule has 1 aromatic carbocycles. The highest BCUT2D eigenvalue weighted by Gasteiger charge is 2.30. The van der Waals surface area contributed by atoms with Crippen LogP contribution in [0.3, 0.4) is 0 Å². The summed E-state index contributed by atoms with van der Waals surface area (Å²) in [5, 5.41) is 0.610. The molecule has 110 valence electrons. The first-order chi connectivity index (χ1) is 9.60. The second-order valence-electron chi connectivity index (χ2n) is 4.67. The van der Waals surface area contributed by atoms with Crippen molar-refractivity contribution in [1.29, 1.82) is 0 Å². The molecule has 0 saturated carbocycles. The van der Waals surface area contributed by atoms with Gasteiger partial charge in [-0.05, 0) is 25.0 Å². The number of unbranched alkanes of at least 4 members (excludes halogenated alkanes) is 1. The van der Waals surface area contributed by atoms with Crippen LogP contribution < -0.4 is 4.90 Å². The van der Waals surface area contributed by atoms with Crippen molar-refractivity contribution in [3.8, 4) is 0 Å². The van der Waals surface area contributed by atoms with Gasteiger partial charge in [0.15, 0.2) is 5.17 Å².